The molecule has 0 saturated heterocycles. The maximum absolute atomic E-state index is 13.6. The van der Waals surface area contributed by atoms with E-state index in [0.717, 1.165) is 24.8 Å². The SMILES string of the molecule is CCc1ccc(-n2c(=O)c3c(n2CC(=O)N[C@@H](C)CCc2ccccc2)Oc2ccc(Cl)cc2C3)cc1. The van der Waals surface area contributed by atoms with E-state index in [2.05, 4.69) is 24.4 Å². The summed E-state index contributed by atoms with van der Waals surface area (Å²) in [6, 6.07) is 23.4. The second-order valence-corrected chi connectivity index (χ2v) is 9.94. The molecule has 6 nitrogen and oxygen atoms in total. The number of fused-ring (bicyclic) bond motifs is 2. The van der Waals surface area contributed by atoms with Gasteiger partial charge in [0.05, 0.1) is 11.3 Å². The van der Waals surface area contributed by atoms with E-state index in [-0.39, 0.29) is 24.1 Å². The Bertz CT molecular complexity index is 1470. The molecular formula is C30H30ClN3O3. The molecule has 0 spiro atoms. The van der Waals surface area contributed by atoms with Gasteiger partial charge in [0.15, 0.2) is 0 Å². The molecule has 0 radical (unpaired) electrons. The predicted molar refractivity (Wildman–Crippen MR) is 146 cm³/mol. The van der Waals surface area contributed by atoms with Gasteiger partial charge in [-0.05, 0) is 67.6 Å². The minimum absolute atomic E-state index is 0.0214. The standard InChI is InChI=1S/C30H30ClN3O3/c1-3-21-11-14-25(15-12-21)34-29(36)26-18-23-17-24(31)13-16-27(23)37-30(26)33(34)19-28(35)32-20(2)9-10-22-7-5-4-6-8-22/h4-8,11-17,20H,3,9-10,18-19H2,1-2H3,(H,32,35)/t20-/m0/s1. The van der Waals surface area contributed by atoms with Gasteiger partial charge >= 0.3 is 0 Å². The van der Waals surface area contributed by atoms with Crippen LogP contribution in [0.4, 0.5) is 0 Å². The molecule has 1 aromatic heterocycles. The van der Waals surface area contributed by atoms with Gasteiger partial charge in [0.1, 0.15) is 12.3 Å². The molecule has 0 saturated carbocycles. The average Bonchev–Trinajstić information content (AvgIpc) is 3.16. The highest BCUT2D eigenvalue weighted by molar-refractivity contribution is 6.30. The molecule has 7 heteroatoms. The number of aryl methyl sites for hydroxylation is 2. The number of rotatable bonds is 8. The van der Waals surface area contributed by atoms with Crippen LogP contribution in [0.15, 0.2) is 77.6 Å². The van der Waals surface area contributed by atoms with Gasteiger partial charge in [-0.15, -0.1) is 0 Å². The molecule has 3 aromatic carbocycles. The molecule has 37 heavy (non-hydrogen) atoms. The smallest absolute Gasteiger partial charge is 0.278 e. The normalized spacial score (nSPS) is 12.8. The molecule has 5 rings (SSSR count). The van der Waals surface area contributed by atoms with E-state index in [4.69, 9.17) is 16.3 Å². The Morgan fingerprint density at radius 2 is 1.81 bits per heavy atom. The summed E-state index contributed by atoms with van der Waals surface area (Å²) in [6.45, 7) is 4.04. The molecule has 190 valence electrons. The van der Waals surface area contributed by atoms with Crippen molar-refractivity contribution in [3.8, 4) is 17.3 Å². The van der Waals surface area contributed by atoms with Crippen LogP contribution in [0.5, 0.6) is 11.6 Å². The van der Waals surface area contributed by atoms with Crippen molar-refractivity contribution >= 4 is 17.5 Å². The van der Waals surface area contributed by atoms with Gasteiger partial charge in [-0.25, -0.2) is 9.36 Å². The van der Waals surface area contributed by atoms with Gasteiger partial charge < -0.3 is 10.1 Å². The summed E-state index contributed by atoms with van der Waals surface area (Å²) < 4.78 is 9.40. The second-order valence-electron chi connectivity index (χ2n) is 9.50. The number of nitrogens with zero attached hydrogens (tertiary/aromatic N) is 2. The zero-order valence-corrected chi connectivity index (χ0v) is 21.8. The maximum Gasteiger partial charge on any atom is 0.278 e. The highest BCUT2D eigenvalue weighted by Crippen LogP contribution is 2.37. The first kappa shape index (κ1) is 24.9. The fourth-order valence-electron chi connectivity index (χ4n) is 4.75. The van der Waals surface area contributed by atoms with Crippen LogP contribution in [-0.2, 0) is 30.6 Å². The quantitative estimate of drug-likeness (QED) is 0.289. The molecule has 0 bridgehead atoms. The summed E-state index contributed by atoms with van der Waals surface area (Å²) in [7, 11) is 0. The van der Waals surface area contributed by atoms with E-state index >= 15 is 0 Å². The molecule has 2 heterocycles. The number of amides is 1. The fraction of sp³-hybridized carbons (Fsp3) is 0.267. The lowest BCUT2D eigenvalue weighted by molar-refractivity contribution is -0.122. The Morgan fingerprint density at radius 3 is 2.54 bits per heavy atom. The van der Waals surface area contributed by atoms with Crippen LogP contribution >= 0.6 is 11.6 Å². The summed E-state index contributed by atoms with van der Waals surface area (Å²) in [5.74, 6) is 0.857. The third kappa shape index (κ3) is 5.35. The van der Waals surface area contributed by atoms with E-state index < -0.39 is 0 Å². The van der Waals surface area contributed by atoms with E-state index in [9.17, 15) is 9.59 Å². The summed E-state index contributed by atoms with van der Waals surface area (Å²) in [4.78, 5) is 26.8. The van der Waals surface area contributed by atoms with Gasteiger partial charge in [-0.2, -0.15) is 0 Å². The number of hydrogen-bond acceptors (Lipinski definition) is 3. The van der Waals surface area contributed by atoms with Crippen molar-refractivity contribution in [3.63, 3.8) is 0 Å². The largest absolute Gasteiger partial charge is 0.439 e. The Balaban J connectivity index is 1.43. The number of halogens is 1. The summed E-state index contributed by atoms with van der Waals surface area (Å²) >= 11 is 6.19. The van der Waals surface area contributed by atoms with Crippen molar-refractivity contribution in [2.24, 2.45) is 0 Å². The van der Waals surface area contributed by atoms with Gasteiger partial charge in [-0.1, -0.05) is 61.0 Å². The Labute approximate surface area is 221 Å². The lowest BCUT2D eigenvalue weighted by atomic mass is 10.0. The first-order valence-corrected chi connectivity index (χ1v) is 13.0. The highest BCUT2D eigenvalue weighted by Gasteiger charge is 2.29. The monoisotopic (exact) mass is 515 g/mol. The van der Waals surface area contributed by atoms with Crippen LogP contribution in [0, 0.1) is 0 Å². The van der Waals surface area contributed by atoms with Gasteiger partial charge in [0.2, 0.25) is 11.8 Å². The van der Waals surface area contributed by atoms with Crippen LogP contribution in [0.1, 0.15) is 42.5 Å². The van der Waals surface area contributed by atoms with Crippen LogP contribution in [0.2, 0.25) is 5.02 Å². The molecule has 4 aromatic rings. The number of nitrogens with one attached hydrogen (secondary N) is 1. The molecule has 1 aliphatic heterocycles. The number of aromatic nitrogens is 2. The number of benzene rings is 3. The van der Waals surface area contributed by atoms with E-state index in [1.165, 1.54) is 11.1 Å². The molecule has 0 unspecified atom stereocenters. The minimum Gasteiger partial charge on any atom is -0.439 e. The first-order chi connectivity index (χ1) is 17.9. The van der Waals surface area contributed by atoms with Crippen LogP contribution < -0.4 is 15.6 Å². The van der Waals surface area contributed by atoms with Crippen molar-refractivity contribution in [2.45, 2.75) is 52.1 Å². The van der Waals surface area contributed by atoms with Gasteiger partial charge in [0.25, 0.3) is 5.56 Å². The van der Waals surface area contributed by atoms with Gasteiger partial charge in [0, 0.05) is 23.0 Å². The number of carbonyl (C=O) groups is 1. The predicted octanol–water partition coefficient (Wildman–Crippen LogP) is 5.69. The minimum atomic E-state index is -0.199. The third-order valence-electron chi connectivity index (χ3n) is 6.78. The maximum atomic E-state index is 13.6. The van der Waals surface area contributed by atoms with E-state index in [1.807, 2.05) is 55.5 Å². The Kier molecular flexibility index (Phi) is 7.19. The summed E-state index contributed by atoms with van der Waals surface area (Å²) in [5.41, 5.74) is 4.26. The third-order valence-corrected chi connectivity index (χ3v) is 7.01. The van der Waals surface area contributed by atoms with Gasteiger partial charge in [-0.3, -0.25) is 9.59 Å². The van der Waals surface area contributed by atoms with Crippen LogP contribution in [0.3, 0.4) is 0 Å². The molecule has 1 aliphatic rings. The van der Waals surface area contributed by atoms with E-state index in [0.29, 0.717) is 34.3 Å². The fourth-order valence-corrected chi connectivity index (χ4v) is 4.94. The van der Waals surface area contributed by atoms with Crippen LogP contribution in [-0.4, -0.2) is 21.3 Å². The second kappa shape index (κ2) is 10.7. The van der Waals surface area contributed by atoms with Crippen LogP contribution in [0.25, 0.3) is 5.69 Å². The highest BCUT2D eigenvalue weighted by atomic mass is 35.5. The molecule has 0 aliphatic carbocycles. The summed E-state index contributed by atoms with van der Waals surface area (Å²) in [5, 5.41) is 3.68. The van der Waals surface area contributed by atoms with Crippen molar-refractivity contribution in [1.29, 1.82) is 0 Å². The molecule has 1 N–H and O–H groups in total. The topological polar surface area (TPSA) is 65.3 Å². The number of ether oxygens (including phenoxy) is 1. The molecule has 1 amide bonds. The Hall–Kier alpha value is -3.77. The van der Waals surface area contributed by atoms with E-state index in [1.54, 1.807) is 21.5 Å². The molecular weight excluding hydrogens is 486 g/mol. The summed E-state index contributed by atoms with van der Waals surface area (Å²) in [6.07, 6.45) is 2.97. The van der Waals surface area contributed by atoms with Crippen molar-refractivity contribution in [3.05, 3.63) is 110 Å². The molecule has 0 fully saturated rings. The van der Waals surface area contributed by atoms with Crippen molar-refractivity contribution in [2.75, 3.05) is 0 Å². The number of carbonyl (C=O) groups excluding carboxylic acids is 1. The molecule has 1 atom stereocenters. The number of hydrogen-bond donors (Lipinski definition) is 1. The lowest BCUT2D eigenvalue weighted by Gasteiger charge is -2.20. The first-order valence-electron chi connectivity index (χ1n) is 12.7. The zero-order valence-electron chi connectivity index (χ0n) is 21.0. The average molecular weight is 516 g/mol. The van der Waals surface area contributed by atoms with Crippen molar-refractivity contribution in [1.82, 2.24) is 14.7 Å². The lowest BCUT2D eigenvalue weighted by Crippen LogP contribution is -2.37. The van der Waals surface area contributed by atoms with Crippen molar-refractivity contribution < 1.29 is 9.53 Å². The zero-order chi connectivity index (χ0) is 25.9. The Morgan fingerprint density at radius 1 is 1.05 bits per heavy atom.